The Labute approximate surface area is 157 Å². The Hall–Kier alpha value is -0.880. The van der Waals surface area contributed by atoms with Crippen LogP contribution in [-0.4, -0.2) is 48.9 Å². The molecule has 0 aliphatic rings. The minimum atomic E-state index is -2.94. The first-order valence-electron chi connectivity index (χ1n) is 6.93. The lowest BCUT2D eigenvalue weighted by molar-refractivity contribution is 0.581. The van der Waals surface area contributed by atoms with E-state index < -0.39 is 9.84 Å². The van der Waals surface area contributed by atoms with E-state index in [-0.39, 0.29) is 35.8 Å². The van der Waals surface area contributed by atoms with Gasteiger partial charge in [0.25, 0.3) is 0 Å². The summed E-state index contributed by atoms with van der Waals surface area (Å²) in [5.41, 5.74) is 0.929. The van der Waals surface area contributed by atoms with Crippen LogP contribution in [0.5, 0.6) is 0 Å². The van der Waals surface area contributed by atoms with Gasteiger partial charge in [-0.25, -0.2) is 13.4 Å². The third-order valence-electron chi connectivity index (χ3n) is 3.11. The van der Waals surface area contributed by atoms with Gasteiger partial charge < -0.3 is 10.6 Å². The molecule has 0 aliphatic heterocycles. The van der Waals surface area contributed by atoms with Crippen LogP contribution in [0, 0.1) is 0 Å². The van der Waals surface area contributed by atoms with Gasteiger partial charge in [-0.2, -0.15) is 0 Å². The monoisotopic (exact) mass is 471 g/mol. The molecule has 2 N–H and O–H groups in total. The van der Waals surface area contributed by atoms with Crippen LogP contribution in [0.4, 0.5) is 0 Å². The minimum Gasteiger partial charge on any atom is -0.354 e. The molecule has 0 radical (unpaired) electrons. The number of nitrogens with one attached hydrogen (secondary N) is 2. The van der Waals surface area contributed by atoms with Crippen molar-refractivity contribution in [3.8, 4) is 0 Å². The highest BCUT2D eigenvalue weighted by molar-refractivity contribution is 14.0. The lowest BCUT2D eigenvalue weighted by Crippen LogP contribution is -2.42. The molecule has 0 aliphatic carbocycles. The van der Waals surface area contributed by atoms with Crippen molar-refractivity contribution < 1.29 is 8.42 Å². The average molecular weight is 471 g/mol. The van der Waals surface area contributed by atoms with Crippen LogP contribution in [0.15, 0.2) is 22.8 Å². The van der Waals surface area contributed by atoms with E-state index in [1.807, 2.05) is 29.1 Å². The Kier molecular flexibility index (Phi) is 7.74. The molecule has 2 heterocycles. The molecule has 0 fully saturated rings. The SMILES string of the molecule is CN=C(NCc1cn2ccsc2n1)NC(C)CCS(C)(=O)=O.I. The number of thiazole rings is 1. The molecule has 0 amide bonds. The molecule has 2 aromatic rings. The summed E-state index contributed by atoms with van der Waals surface area (Å²) in [6.45, 7) is 2.50. The van der Waals surface area contributed by atoms with Crippen molar-refractivity contribution in [2.75, 3.05) is 19.1 Å². The maximum Gasteiger partial charge on any atom is 0.193 e. The fourth-order valence-corrected chi connectivity index (χ4v) is 3.43. The third kappa shape index (κ3) is 6.63. The van der Waals surface area contributed by atoms with Gasteiger partial charge in [-0.05, 0) is 13.3 Å². The fraction of sp³-hybridized carbons (Fsp3) is 0.538. The highest BCUT2D eigenvalue weighted by Gasteiger charge is 2.10. The summed E-state index contributed by atoms with van der Waals surface area (Å²) >= 11 is 1.59. The van der Waals surface area contributed by atoms with E-state index in [0.717, 1.165) is 10.7 Å². The molecule has 7 nitrogen and oxygen atoms in total. The maximum absolute atomic E-state index is 11.2. The van der Waals surface area contributed by atoms with Crippen LogP contribution in [0.25, 0.3) is 4.96 Å². The first-order chi connectivity index (χ1) is 10.4. The zero-order valence-electron chi connectivity index (χ0n) is 13.3. The molecule has 130 valence electrons. The summed E-state index contributed by atoms with van der Waals surface area (Å²) in [4.78, 5) is 9.59. The predicted molar refractivity (Wildman–Crippen MR) is 106 cm³/mol. The number of hydrogen-bond acceptors (Lipinski definition) is 5. The minimum absolute atomic E-state index is 0. The molecule has 0 bridgehead atoms. The molecule has 10 heteroatoms. The number of aromatic nitrogens is 2. The summed E-state index contributed by atoms with van der Waals surface area (Å²) in [5.74, 6) is 0.799. The van der Waals surface area contributed by atoms with Crippen LogP contribution in [0.2, 0.25) is 0 Å². The largest absolute Gasteiger partial charge is 0.354 e. The Morgan fingerprint density at radius 2 is 2.26 bits per heavy atom. The second-order valence-electron chi connectivity index (χ2n) is 5.21. The number of aliphatic imine (C=N–C) groups is 1. The molecule has 1 unspecified atom stereocenters. The van der Waals surface area contributed by atoms with Gasteiger partial charge in [0.15, 0.2) is 10.9 Å². The Morgan fingerprint density at radius 1 is 1.52 bits per heavy atom. The quantitative estimate of drug-likeness (QED) is 0.379. The van der Waals surface area contributed by atoms with Gasteiger partial charge in [-0.1, -0.05) is 0 Å². The molecule has 2 aromatic heterocycles. The van der Waals surface area contributed by atoms with E-state index in [9.17, 15) is 8.42 Å². The molecular weight excluding hydrogens is 449 g/mol. The van der Waals surface area contributed by atoms with Crippen LogP contribution in [-0.2, 0) is 16.4 Å². The molecule has 1 atom stereocenters. The van der Waals surface area contributed by atoms with E-state index >= 15 is 0 Å². The number of nitrogens with zero attached hydrogens (tertiary/aromatic N) is 3. The summed E-state index contributed by atoms with van der Waals surface area (Å²) in [7, 11) is -1.25. The summed E-state index contributed by atoms with van der Waals surface area (Å²) < 4.78 is 24.3. The molecular formula is C13H22IN5O2S2. The van der Waals surface area contributed by atoms with Crippen molar-refractivity contribution in [3.63, 3.8) is 0 Å². The summed E-state index contributed by atoms with van der Waals surface area (Å²) in [6.07, 6.45) is 5.73. The summed E-state index contributed by atoms with van der Waals surface area (Å²) in [6, 6.07) is 0.0198. The van der Waals surface area contributed by atoms with Crippen molar-refractivity contribution in [3.05, 3.63) is 23.5 Å². The van der Waals surface area contributed by atoms with Crippen LogP contribution in [0.3, 0.4) is 0 Å². The van der Waals surface area contributed by atoms with Crippen molar-refractivity contribution in [1.29, 1.82) is 0 Å². The van der Waals surface area contributed by atoms with Crippen molar-refractivity contribution in [2.24, 2.45) is 4.99 Å². The maximum atomic E-state index is 11.2. The fourth-order valence-electron chi connectivity index (χ4n) is 1.93. The van der Waals surface area contributed by atoms with Gasteiger partial charge in [0.2, 0.25) is 0 Å². The standard InChI is InChI=1S/C13H21N5O2S2.HI/c1-10(4-7-22(3,19)20)16-12(14-2)15-8-11-9-18-5-6-21-13(18)17-11;/h5-6,9-10H,4,7-8H2,1-3H3,(H2,14,15,16);1H. The molecule has 0 aromatic carbocycles. The normalized spacial score (nSPS) is 13.6. The van der Waals surface area contributed by atoms with E-state index in [4.69, 9.17) is 0 Å². The smallest absolute Gasteiger partial charge is 0.193 e. The van der Waals surface area contributed by atoms with E-state index in [1.54, 1.807) is 18.4 Å². The topological polar surface area (TPSA) is 87.9 Å². The number of imidazole rings is 1. The first-order valence-corrected chi connectivity index (χ1v) is 9.87. The molecule has 23 heavy (non-hydrogen) atoms. The number of halogens is 1. The average Bonchev–Trinajstić information content (AvgIpc) is 3.01. The van der Waals surface area contributed by atoms with Crippen LogP contribution in [0.1, 0.15) is 19.0 Å². The Balaban J connectivity index is 0.00000264. The second-order valence-corrected chi connectivity index (χ2v) is 8.35. The molecule has 0 saturated heterocycles. The van der Waals surface area contributed by atoms with Gasteiger partial charge in [0.05, 0.1) is 18.0 Å². The molecule has 2 rings (SSSR count). The van der Waals surface area contributed by atoms with Gasteiger partial charge >= 0.3 is 0 Å². The number of hydrogen-bond donors (Lipinski definition) is 2. The number of fused-ring (bicyclic) bond motifs is 1. The molecule has 0 saturated carbocycles. The van der Waals surface area contributed by atoms with E-state index in [1.165, 1.54) is 6.26 Å². The van der Waals surface area contributed by atoms with Crippen molar-refractivity contribution in [2.45, 2.75) is 25.9 Å². The first kappa shape index (κ1) is 20.2. The van der Waals surface area contributed by atoms with Gasteiger partial charge in [-0.15, -0.1) is 35.3 Å². The molecule has 0 spiro atoms. The van der Waals surface area contributed by atoms with Gasteiger partial charge in [0, 0.05) is 37.1 Å². The number of guanidine groups is 1. The van der Waals surface area contributed by atoms with Gasteiger partial charge in [-0.3, -0.25) is 9.39 Å². The number of rotatable bonds is 6. The highest BCUT2D eigenvalue weighted by atomic mass is 127. The Morgan fingerprint density at radius 3 is 2.87 bits per heavy atom. The highest BCUT2D eigenvalue weighted by Crippen LogP contribution is 2.10. The van der Waals surface area contributed by atoms with E-state index in [0.29, 0.717) is 18.9 Å². The lowest BCUT2D eigenvalue weighted by atomic mass is 10.3. The summed E-state index contributed by atoms with van der Waals surface area (Å²) in [5, 5.41) is 8.35. The van der Waals surface area contributed by atoms with Crippen LogP contribution >= 0.6 is 35.3 Å². The lowest BCUT2D eigenvalue weighted by Gasteiger charge is -2.17. The Bertz CT molecular complexity index is 725. The zero-order valence-corrected chi connectivity index (χ0v) is 17.3. The third-order valence-corrected chi connectivity index (χ3v) is 4.86. The van der Waals surface area contributed by atoms with Crippen molar-refractivity contribution in [1.82, 2.24) is 20.0 Å². The van der Waals surface area contributed by atoms with Crippen LogP contribution < -0.4 is 10.6 Å². The number of sulfone groups is 1. The second kappa shape index (κ2) is 8.83. The van der Waals surface area contributed by atoms with Crippen molar-refractivity contribution >= 4 is 56.1 Å². The van der Waals surface area contributed by atoms with E-state index in [2.05, 4.69) is 20.6 Å². The van der Waals surface area contributed by atoms with Gasteiger partial charge in [0.1, 0.15) is 9.84 Å². The zero-order chi connectivity index (χ0) is 16.2. The predicted octanol–water partition coefficient (Wildman–Crippen LogP) is 1.50.